The highest BCUT2D eigenvalue weighted by atomic mass is 16.5. The van der Waals surface area contributed by atoms with E-state index in [1.807, 2.05) is 0 Å². The van der Waals surface area contributed by atoms with E-state index in [2.05, 4.69) is 16.5 Å². The molecule has 1 aromatic carbocycles. The number of para-hydroxylation sites is 1. The van der Waals surface area contributed by atoms with E-state index in [0.29, 0.717) is 22.9 Å². The van der Waals surface area contributed by atoms with E-state index in [1.54, 1.807) is 42.6 Å². The Hall–Kier alpha value is -2.58. The number of nitrogens with one attached hydrogen (secondary N) is 1. The molecule has 0 amide bonds. The maximum Gasteiger partial charge on any atom is 0.145 e. The SMILES string of the molecule is N#Cc1ccccc1Oc1ccnc(NN)c1. The summed E-state index contributed by atoms with van der Waals surface area (Å²) in [5.74, 6) is 6.81. The number of aromatic nitrogens is 1. The van der Waals surface area contributed by atoms with Gasteiger partial charge < -0.3 is 10.2 Å². The number of nitriles is 1. The van der Waals surface area contributed by atoms with Gasteiger partial charge in [0.05, 0.1) is 5.56 Å². The minimum Gasteiger partial charge on any atom is -0.456 e. The molecule has 0 saturated carbocycles. The normalized spacial score (nSPS) is 9.41. The fourth-order valence-corrected chi connectivity index (χ4v) is 1.33. The molecule has 0 fully saturated rings. The molecule has 0 aliphatic heterocycles. The number of benzene rings is 1. The van der Waals surface area contributed by atoms with E-state index in [9.17, 15) is 0 Å². The van der Waals surface area contributed by atoms with Gasteiger partial charge in [-0.1, -0.05) is 12.1 Å². The van der Waals surface area contributed by atoms with Crippen LogP contribution < -0.4 is 16.0 Å². The summed E-state index contributed by atoms with van der Waals surface area (Å²) in [6.45, 7) is 0. The predicted octanol–water partition coefficient (Wildman–Crippen LogP) is 2.03. The van der Waals surface area contributed by atoms with Gasteiger partial charge in [-0.05, 0) is 18.2 Å². The van der Waals surface area contributed by atoms with Gasteiger partial charge in [-0.2, -0.15) is 5.26 Å². The molecule has 1 aromatic heterocycles. The number of pyridine rings is 1. The lowest BCUT2D eigenvalue weighted by molar-refractivity contribution is 0.480. The largest absolute Gasteiger partial charge is 0.456 e. The van der Waals surface area contributed by atoms with Crippen molar-refractivity contribution in [3.05, 3.63) is 48.2 Å². The van der Waals surface area contributed by atoms with Crippen molar-refractivity contribution in [2.45, 2.75) is 0 Å². The molecule has 5 heteroatoms. The zero-order valence-corrected chi connectivity index (χ0v) is 8.92. The maximum absolute atomic E-state index is 8.92. The second kappa shape index (κ2) is 4.96. The van der Waals surface area contributed by atoms with Gasteiger partial charge in [0, 0.05) is 12.3 Å². The molecule has 0 radical (unpaired) electrons. The van der Waals surface area contributed by atoms with Crippen LogP contribution in [-0.2, 0) is 0 Å². The molecule has 2 aromatic rings. The first-order valence-corrected chi connectivity index (χ1v) is 4.93. The summed E-state index contributed by atoms with van der Waals surface area (Å²) in [4.78, 5) is 3.96. The molecule has 0 saturated heterocycles. The Kier molecular flexibility index (Phi) is 3.19. The molecule has 2 rings (SSSR count). The van der Waals surface area contributed by atoms with Gasteiger partial charge in [0.1, 0.15) is 23.4 Å². The molecule has 0 unspecified atom stereocenters. The summed E-state index contributed by atoms with van der Waals surface area (Å²) >= 11 is 0. The highest BCUT2D eigenvalue weighted by Gasteiger charge is 2.04. The van der Waals surface area contributed by atoms with E-state index < -0.39 is 0 Å². The highest BCUT2D eigenvalue weighted by molar-refractivity contribution is 5.47. The van der Waals surface area contributed by atoms with Gasteiger partial charge >= 0.3 is 0 Å². The Bertz CT molecular complexity index is 562. The third kappa shape index (κ3) is 2.51. The standard InChI is InChI=1S/C12H10N4O/c13-8-9-3-1-2-4-11(9)17-10-5-6-15-12(7-10)16-14/h1-7H,14H2,(H,15,16). The molecule has 0 bridgehead atoms. The van der Waals surface area contributed by atoms with Crippen molar-refractivity contribution in [1.82, 2.24) is 4.98 Å². The summed E-state index contributed by atoms with van der Waals surface area (Å²) in [5, 5.41) is 8.92. The van der Waals surface area contributed by atoms with Crippen molar-refractivity contribution in [1.29, 1.82) is 5.26 Å². The Morgan fingerprint density at radius 3 is 2.88 bits per heavy atom. The second-order valence-corrected chi connectivity index (χ2v) is 3.23. The Labute approximate surface area is 98.4 Å². The number of anilines is 1. The van der Waals surface area contributed by atoms with Crippen molar-refractivity contribution in [3.63, 3.8) is 0 Å². The van der Waals surface area contributed by atoms with Crippen molar-refractivity contribution < 1.29 is 4.74 Å². The van der Waals surface area contributed by atoms with E-state index in [0.717, 1.165) is 0 Å². The van der Waals surface area contributed by atoms with Gasteiger partial charge in [-0.3, -0.25) is 0 Å². The molecule has 1 heterocycles. The van der Waals surface area contributed by atoms with Crippen LogP contribution in [-0.4, -0.2) is 4.98 Å². The van der Waals surface area contributed by atoms with Gasteiger partial charge in [-0.25, -0.2) is 10.8 Å². The van der Waals surface area contributed by atoms with Crippen LogP contribution in [0.15, 0.2) is 42.6 Å². The van der Waals surface area contributed by atoms with Gasteiger partial charge in [0.15, 0.2) is 0 Å². The van der Waals surface area contributed by atoms with Crippen LogP contribution >= 0.6 is 0 Å². The topological polar surface area (TPSA) is 84.0 Å². The number of hydrazine groups is 1. The van der Waals surface area contributed by atoms with E-state index in [1.165, 1.54) is 0 Å². The number of hydrogen-bond donors (Lipinski definition) is 2. The first-order chi connectivity index (χ1) is 8.33. The van der Waals surface area contributed by atoms with E-state index in [-0.39, 0.29) is 0 Å². The van der Waals surface area contributed by atoms with Crippen LogP contribution in [0.5, 0.6) is 11.5 Å². The minimum atomic E-state index is 0.478. The minimum absolute atomic E-state index is 0.478. The van der Waals surface area contributed by atoms with Gasteiger partial charge in [0.2, 0.25) is 0 Å². The summed E-state index contributed by atoms with van der Waals surface area (Å²) in [7, 11) is 0. The van der Waals surface area contributed by atoms with Crippen molar-refractivity contribution in [2.75, 3.05) is 5.43 Å². The number of nitrogen functional groups attached to an aromatic ring is 1. The van der Waals surface area contributed by atoms with Gasteiger partial charge in [0.25, 0.3) is 0 Å². The van der Waals surface area contributed by atoms with Gasteiger partial charge in [-0.15, -0.1) is 0 Å². The third-order valence-corrected chi connectivity index (χ3v) is 2.11. The van der Waals surface area contributed by atoms with Crippen LogP contribution in [0, 0.1) is 11.3 Å². The molecule has 0 atom stereocenters. The Morgan fingerprint density at radius 2 is 2.12 bits per heavy atom. The van der Waals surface area contributed by atoms with Crippen LogP contribution in [0.3, 0.4) is 0 Å². The molecule has 0 aliphatic carbocycles. The maximum atomic E-state index is 8.92. The lowest BCUT2D eigenvalue weighted by Crippen LogP contribution is -2.08. The zero-order valence-electron chi connectivity index (χ0n) is 8.92. The summed E-state index contributed by atoms with van der Waals surface area (Å²) < 4.78 is 5.58. The molecule has 17 heavy (non-hydrogen) atoms. The second-order valence-electron chi connectivity index (χ2n) is 3.23. The van der Waals surface area contributed by atoms with Crippen LogP contribution in [0.2, 0.25) is 0 Å². The van der Waals surface area contributed by atoms with Crippen LogP contribution in [0.25, 0.3) is 0 Å². The van der Waals surface area contributed by atoms with Crippen molar-refractivity contribution in [3.8, 4) is 17.6 Å². The quantitative estimate of drug-likeness (QED) is 0.618. The Balaban J connectivity index is 2.28. The first kappa shape index (κ1) is 10.9. The lowest BCUT2D eigenvalue weighted by atomic mass is 10.2. The molecular formula is C12H10N4O. The zero-order chi connectivity index (χ0) is 12.1. The Morgan fingerprint density at radius 1 is 1.29 bits per heavy atom. The van der Waals surface area contributed by atoms with Crippen LogP contribution in [0.1, 0.15) is 5.56 Å². The summed E-state index contributed by atoms with van der Waals surface area (Å²) in [6, 6.07) is 12.4. The average Bonchev–Trinajstić information content (AvgIpc) is 2.39. The number of nitrogens with zero attached hydrogens (tertiary/aromatic N) is 2. The number of rotatable bonds is 3. The molecule has 0 spiro atoms. The third-order valence-electron chi connectivity index (χ3n) is 2.11. The smallest absolute Gasteiger partial charge is 0.145 e. The molecule has 5 nitrogen and oxygen atoms in total. The highest BCUT2D eigenvalue weighted by Crippen LogP contribution is 2.25. The van der Waals surface area contributed by atoms with E-state index in [4.69, 9.17) is 15.8 Å². The molecular weight excluding hydrogens is 216 g/mol. The predicted molar refractivity (Wildman–Crippen MR) is 63.3 cm³/mol. The lowest BCUT2D eigenvalue weighted by Gasteiger charge is -2.07. The summed E-state index contributed by atoms with van der Waals surface area (Å²) in [6.07, 6.45) is 1.57. The fourth-order valence-electron chi connectivity index (χ4n) is 1.33. The number of hydrogen-bond acceptors (Lipinski definition) is 5. The first-order valence-electron chi connectivity index (χ1n) is 4.93. The number of ether oxygens (including phenoxy) is 1. The average molecular weight is 226 g/mol. The molecule has 3 N–H and O–H groups in total. The van der Waals surface area contributed by atoms with Crippen molar-refractivity contribution in [2.24, 2.45) is 5.84 Å². The fraction of sp³-hybridized carbons (Fsp3) is 0. The number of nitrogens with two attached hydrogens (primary N) is 1. The van der Waals surface area contributed by atoms with E-state index >= 15 is 0 Å². The van der Waals surface area contributed by atoms with Crippen molar-refractivity contribution >= 4 is 5.82 Å². The molecule has 0 aliphatic rings. The monoisotopic (exact) mass is 226 g/mol. The van der Waals surface area contributed by atoms with Crippen LogP contribution in [0.4, 0.5) is 5.82 Å². The summed E-state index contributed by atoms with van der Waals surface area (Å²) in [5.41, 5.74) is 2.90. The molecule has 84 valence electrons.